The Balaban J connectivity index is 2.10. The molecule has 0 spiro atoms. The van der Waals surface area contributed by atoms with Crippen molar-refractivity contribution in [2.75, 3.05) is 6.26 Å². The van der Waals surface area contributed by atoms with Crippen molar-refractivity contribution in [2.45, 2.75) is 31.6 Å². The summed E-state index contributed by atoms with van der Waals surface area (Å²) in [6.07, 6.45) is 8.88. The van der Waals surface area contributed by atoms with Crippen LogP contribution in [0.1, 0.15) is 37.9 Å². The first-order valence-corrected chi connectivity index (χ1v) is 10.6. The molecule has 1 heterocycles. The first-order valence-electron chi connectivity index (χ1n) is 8.66. The molecule has 0 bridgehead atoms. The number of hydrogen-bond acceptors (Lipinski definition) is 3. The van der Waals surface area contributed by atoms with Gasteiger partial charge in [0.05, 0.1) is 10.6 Å². The molecule has 1 aliphatic rings. The summed E-state index contributed by atoms with van der Waals surface area (Å²) >= 11 is 0. The third-order valence-electron chi connectivity index (χ3n) is 5.07. The highest BCUT2D eigenvalue weighted by molar-refractivity contribution is 7.90. The second-order valence-electron chi connectivity index (χ2n) is 6.71. The second kappa shape index (κ2) is 6.80. The maximum absolute atomic E-state index is 13.3. The molecule has 0 N–H and O–H groups in total. The van der Waals surface area contributed by atoms with Gasteiger partial charge in [0.25, 0.3) is 0 Å². The predicted octanol–water partition coefficient (Wildman–Crippen LogP) is 4.91. The van der Waals surface area contributed by atoms with Crippen molar-refractivity contribution < 1.29 is 12.8 Å². The molecule has 0 saturated heterocycles. The molecule has 0 fully saturated rings. The van der Waals surface area contributed by atoms with Crippen molar-refractivity contribution in [3.05, 3.63) is 71.8 Å². The number of rotatable bonds is 5. The van der Waals surface area contributed by atoms with E-state index in [0.717, 1.165) is 35.2 Å². The molecule has 0 amide bonds. The van der Waals surface area contributed by atoms with Gasteiger partial charge in [0.15, 0.2) is 9.84 Å². The lowest BCUT2D eigenvalue weighted by atomic mass is 9.84. The van der Waals surface area contributed by atoms with Crippen LogP contribution in [0.15, 0.2) is 59.6 Å². The Labute approximate surface area is 154 Å². The monoisotopic (exact) mass is 371 g/mol. The van der Waals surface area contributed by atoms with Gasteiger partial charge in [0.2, 0.25) is 0 Å². The average molecular weight is 371 g/mol. The van der Waals surface area contributed by atoms with Crippen LogP contribution in [0, 0.1) is 11.2 Å². The van der Waals surface area contributed by atoms with Crippen LogP contribution in [0.3, 0.4) is 0 Å². The summed E-state index contributed by atoms with van der Waals surface area (Å²) in [4.78, 5) is 4.59. The smallest absolute Gasteiger partial charge is 0.177 e. The number of aromatic nitrogens is 1. The van der Waals surface area contributed by atoms with E-state index in [1.807, 2.05) is 0 Å². The zero-order chi connectivity index (χ0) is 18.9. The number of nitrogens with zero attached hydrogens (tertiary/aromatic N) is 1. The molecule has 0 aliphatic heterocycles. The van der Waals surface area contributed by atoms with E-state index >= 15 is 0 Å². The van der Waals surface area contributed by atoms with Gasteiger partial charge in [-0.05, 0) is 48.2 Å². The molecular formula is C21H22FNO2S. The first-order chi connectivity index (χ1) is 12.3. The maximum Gasteiger partial charge on any atom is 0.177 e. The minimum atomic E-state index is -3.28. The fourth-order valence-electron chi connectivity index (χ4n) is 3.27. The SMILES string of the molecule is CCC1(CC)C=C(c2ccc(F)cc2)C(c2ccc(S(C)(=O)=O)cn2)=C1. The van der Waals surface area contributed by atoms with E-state index in [-0.39, 0.29) is 16.1 Å². The lowest BCUT2D eigenvalue weighted by Gasteiger charge is -2.20. The average Bonchev–Trinajstić information content (AvgIpc) is 3.02. The number of pyridine rings is 1. The number of sulfone groups is 1. The molecule has 136 valence electrons. The molecule has 2 aromatic rings. The van der Waals surface area contributed by atoms with E-state index in [0.29, 0.717) is 0 Å². The third kappa shape index (κ3) is 3.49. The summed E-state index contributed by atoms with van der Waals surface area (Å²) in [6, 6.07) is 9.75. The molecule has 5 heteroatoms. The van der Waals surface area contributed by atoms with Gasteiger partial charge in [-0.1, -0.05) is 38.1 Å². The van der Waals surface area contributed by atoms with Crippen LogP contribution in [-0.2, 0) is 9.84 Å². The Hall–Kier alpha value is -2.27. The maximum atomic E-state index is 13.3. The van der Waals surface area contributed by atoms with Gasteiger partial charge in [-0.15, -0.1) is 0 Å². The van der Waals surface area contributed by atoms with Gasteiger partial charge < -0.3 is 0 Å². The van der Waals surface area contributed by atoms with E-state index in [1.165, 1.54) is 24.6 Å². The number of hydrogen-bond donors (Lipinski definition) is 0. The Morgan fingerprint density at radius 2 is 1.58 bits per heavy atom. The van der Waals surface area contributed by atoms with Crippen molar-refractivity contribution in [3.8, 4) is 0 Å². The minimum Gasteiger partial charge on any atom is -0.255 e. The van der Waals surface area contributed by atoms with Gasteiger partial charge in [-0.2, -0.15) is 0 Å². The summed E-state index contributed by atoms with van der Waals surface area (Å²) in [7, 11) is -3.28. The van der Waals surface area contributed by atoms with Crippen LogP contribution in [-0.4, -0.2) is 19.7 Å². The quantitative estimate of drug-likeness (QED) is 0.750. The Bertz CT molecular complexity index is 968. The summed E-state index contributed by atoms with van der Waals surface area (Å²) in [6.45, 7) is 4.28. The molecule has 26 heavy (non-hydrogen) atoms. The molecule has 3 nitrogen and oxygen atoms in total. The first kappa shape index (κ1) is 18.5. The lowest BCUT2D eigenvalue weighted by Crippen LogP contribution is -2.09. The van der Waals surface area contributed by atoms with Crippen molar-refractivity contribution in [2.24, 2.45) is 5.41 Å². The number of halogens is 1. The van der Waals surface area contributed by atoms with E-state index in [4.69, 9.17) is 0 Å². The van der Waals surface area contributed by atoms with Crippen LogP contribution in [0.2, 0.25) is 0 Å². The second-order valence-corrected chi connectivity index (χ2v) is 8.73. The predicted molar refractivity (Wildman–Crippen MR) is 103 cm³/mol. The lowest BCUT2D eigenvalue weighted by molar-refractivity contribution is 0.464. The molecule has 0 saturated carbocycles. The number of benzene rings is 1. The van der Waals surface area contributed by atoms with Crippen LogP contribution >= 0.6 is 0 Å². The van der Waals surface area contributed by atoms with E-state index < -0.39 is 9.84 Å². The summed E-state index contributed by atoms with van der Waals surface area (Å²) in [5, 5.41) is 0. The fraction of sp³-hybridized carbons (Fsp3) is 0.286. The van der Waals surface area contributed by atoms with Gasteiger partial charge in [-0.25, -0.2) is 12.8 Å². The van der Waals surface area contributed by atoms with Crippen molar-refractivity contribution in [1.82, 2.24) is 4.98 Å². The Morgan fingerprint density at radius 3 is 2.08 bits per heavy atom. The van der Waals surface area contributed by atoms with Crippen LogP contribution in [0.5, 0.6) is 0 Å². The zero-order valence-corrected chi connectivity index (χ0v) is 16.0. The van der Waals surface area contributed by atoms with Crippen molar-refractivity contribution >= 4 is 21.0 Å². The Morgan fingerprint density at radius 1 is 0.962 bits per heavy atom. The fourth-order valence-corrected chi connectivity index (χ4v) is 3.83. The molecule has 0 atom stereocenters. The molecule has 1 aliphatic carbocycles. The largest absolute Gasteiger partial charge is 0.255 e. The molecule has 1 aromatic heterocycles. The highest BCUT2D eigenvalue weighted by Crippen LogP contribution is 2.47. The normalized spacial score (nSPS) is 16.3. The zero-order valence-electron chi connectivity index (χ0n) is 15.2. The van der Waals surface area contributed by atoms with Gasteiger partial charge in [-0.3, -0.25) is 4.98 Å². The van der Waals surface area contributed by atoms with E-state index in [9.17, 15) is 12.8 Å². The molecule has 0 radical (unpaired) electrons. The van der Waals surface area contributed by atoms with Crippen LogP contribution < -0.4 is 0 Å². The highest BCUT2D eigenvalue weighted by Gasteiger charge is 2.31. The highest BCUT2D eigenvalue weighted by atomic mass is 32.2. The summed E-state index contributed by atoms with van der Waals surface area (Å²) in [5.74, 6) is -0.272. The minimum absolute atomic E-state index is 0.0732. The standard InChI is InChI=1S/C21H22FNO2S/c1-4-21(5-2)12-18(15-6-8-16(22)9-7-15)19(13-21)20-11-10-17(14-23-20)26(3,24)25/h6-14H,4-5H2,1-3H3. The third-order valence-corrected chi connectivity index (χ3v) is 6.16. The molecule has 3 rings (SSSR count). The summed E-state index contributed by atoms with van der Waals surface area (Å²) in [5.41, 5.74) is 3.54. The van der Waals surface area contributed by atoms with Gasteiger partial charge >= 0.3 is 0 Å². The van der Waals surface area contributed by atoms with Crippen molar-refractivity contribution in [3.63, 3.8) is 0 Å². The van der Waals surface area contributed by atoms with Gasteiger partial charge in [0, 0.05) is 23.4 Å². The summed E-state index contributed by atoms with van der Waals surface area (Å²) < 4.78 is 36.7. The van der Waals surface area contributed by atoms with E-state index in [1.54, 1.807) is 24.3 Å². The number of allylic oxidation sites excluding steroid dienone is 4. The topological polar surface area (TPSA) is 47.0 Å². The Kier molecular flexibility index (Phi) is 4.84. The van der Waals surface area contributed by atoms with Crippen LogP contribution in [0.4, 0.5) is 4.39 Å². The van der Waals surface area contributed by atoms with Gasteiger partial charge in [0.1, 0.15) is 5.82 Å². The van der Waals surface area contributed by atoms with E-state index in [2.05, 4.69) is 31.0 Å². The molecule has 1 aromatic carbocycles. The van der Waals surface area contributed by atoms with Crippen LogP contribution in [0.25, 0.3) is 11.1 Å². The van der Waals surface area contributed by atoms with Crippen molar-refractivity contribution in [1.29, 1.82) is 0 Å². The molecular weight excluding hydrogens is 349 g/mol. The molecule has 0 unspecified atom stereocenters.